The maximum atomic E-state index is 13.6. The van der Waals surface area contributed by atoms with E-state index in [1.54, 1.807) is 6.92 Å². The highest BCUT2D eigenvalue weighted by atomic mass is 32.2. The van der Waals surface area contributed by atoms with Crippen molar-refractivity contribution < 1.29 is 17.6 Å². The molecule has 0 fully saturated rings. The topological polar surface area (TPSA) is 118 Å². The van der Waals surface area contributed by atoms with Crippen LogP contribution in [0.25, 0.3) is 0 Å². The number of hydrogen-bond donors (Lipinski definition) is 3. The molecule has 1 heterocycles. The number of halogens is 1. The number of sulfonamides is 1. The second-order valence-electron chi connectivity index (χ2n) is 4.05. The van der Waals surface area contributed by atoms with E-state index < -0.39 is 26.6 Å². The third kappa shape index (κ3) is 2.83. The van der Waals surface area contributed by atoms with E-state index in [-0.39, 0.29) is 5.69 Å². The van der Waals surface area contributed by atoms with Gasteiger partial charge in [-0.2, -0.15) is 5.10 Å². The number of benzene rings is 1. The maximum absolute atomic E-state index is 13.6. The van der Waals surface area contributed by atoms with Crippen LogP contribution >= 0.6 is 0 Å². The van der Waals surface area contributed by atoms with Crippen molar-refractivity contribution in [3.63, 3.8) is 0 Å². The summed E-state index contributed by atoms with van der Waals surface area (Å²) in [7, 11) is -4.13. The van der Waals surface area contributed by atoms with Crippen molar-refractivity contribution in [3.8, 4) is 0 Å². The molecule has 0 saturated carbocycles. The molecule has 0 spiro atoms. The number of carbonyl (C=O) groups is 1. The molecule has 1 aromatic heterocycles. The van der Waals surface area contributed by atoms with Gasteiger partial charge in [0.1, 0.15) is 10.7 Å². The SMILES string of the molecule is Cc1[nH]ncc1C(=O)Nc1ccc(S(N)(=O)=O)c(F)c1. The normalized spacial score (nSPS) is 11.3. The summed E-state index contributed by atoms with van der Waals surface area (Å²) < 4.78 is 35.7. The average molecular weight is 298 g/mol. The minimum Gasteiger partial charge on any atom is -0.322 e. The monoisotopic (exact) mass is 298 g/mol. The van der Waals surface area contributed by atoms with Gasteiger partial charge in [0.25, 0.3) is 5.91 Å². The molecule has 0 aliphatic rings. The number of nitrogens with two attached hydrogens (primary N) is 1. The Labute approximate surface area is 114 Å². The van der Waals surface area contributed by atoms with Crippen LogP contribution in [0.1, 0.15) is 16.1 Å². The van der Waals surface area contributed by atoms with E-state index in [0.717, 1.165) is 12.1 Å². The summed E-state index contributed by atoms with van der Waals surface area (Å²) in [5.74, 6) is -1.52. The van der Waals surface area contributed by atoms with Gasteiger partial charge in [-0.3, -0.25) is 9.89 Å². The first-order valence-electron chi connectivity index (χ1n) is 5.42. The highest BCUT2D eigenvalue weighted by Gasteiger charge is 2.16. The molecule has 0 bridgehead atoms. The predicted molar refractivity (Wildman–Crippen MR) is 69.1 cm³/mol. The Morgan fingerprint density at radius 3 is 2.65 bits per heavy atom. The summed E-state index contributed by atoms with van der Waals surface area (Å²) in [6.45, 7) is 1.66. The number of nitrogens with one attached hydrogen (secondary N) is 2. The fraction of sp³-hybridized carbons (Fsp3) is 0.0909. The molecule has 0 aliphatic heterocycles. The van der Waals surface area contributed by atoms with E-state index >= 15 is 0 Å². The van der Waals surface area contributed by atoms with Gasteiger partial charge in [0.2, 0.25) is 10.0 Å². The van der Waals surface area contributed by atoms with Gasteiger partial charge in [0.05, 0.1) is 11.8 Å². The van der Waals surface area contributed by atoms with Gasteiger partial charge in [-0.15, -0.1) is 0 Å². The number of aromatic amines is 1. The molecule has 106 valence electrons. The predicted octanol–water partition coefficient (Wildman–Crippen LogP) is 0.757. The first-order chi connectivity index (χ1) is 9.29. The van der Waals surface area contributed by atoms with Crippen molar-refractivity contribution in [2.75, 3.05) is 5.32 Å². The number of aromatic nitrogens is 2. The molecule has 0 radical (unpaired) electrons. The summed E-state index contributed by atoms with van der Waals surface area (Å²) in [5, 5.41) is 13.6. The van der Waals surface area contributed by atoms with E-state index in [9.17, 15) is 17.6 Å². The second kappa shape index (κ2) is 5.02. The zero-order valence-corrected chi connectivity index (χ0v) is 11.2. The Kier molecular flexibility index (Phi) is 3.55. The Bertz CT molecular complexity index is 770. The quantitative estimate of drug-likeness (QED) is 0.775. The number of aryl methyl sites for hydroxylation is 1. The standard InChI is InChI=1S/C11H11FN4O3S/c1-6-8(5-14-16-6)11(17)15-7-2-3-10(9(12)4-7)20(13,18)19/h2-5H,1H3,(H,14,16)(H,15,17)(H2,13,18,19). The van der Waals surface area contributed by atoms with E-state index in [2.05, 4.69) is 15.5 Å². The third-order valence-corrected chi connectivity index (χ3v) is 3.51. The minimum atomic E-state index is -4.13. The molecular weight excluding hydrogens is 287 g/mol. The Morgan fingerprint density at radius 2 is 2.15 bits per heavy atom. The van der Waals surface area contributed by atoms with Crippen molar-refractivity contribution >= 4 is 21.6 Å². The molecule has 0 unspecified atom stereocenters. The third-order valence-electron chi connectivity index (χ3n) is 2.57. The fourth-order valence-corrected chi connectivity index (χ4v) is 2.18. The molecule has 2 rings (SSSR count). The van der Waals surface area contributed by atoms with Crippen LogP contribution in [0.15, 0.2) is 29.3 Å². The van der Waals surface area contributed by atoms with Crippen molar-refractivity contribution in [2.24, 2.45) is 5.14 Å². The fourth-order valence-electron chi connectivity index (χ4n) is 1.59. The molecule has 20 heavy (non-hydrogen) atoms. The Morgan fingerprint density at radius 1 is 1.45 bits per heavy atom. The number of rotatable bonds is 3. The Balaban J connectivity index is 2.26. The van der Waals surface area contributed by atoms with Crippen molar-refractivity contribution in [3.05, 3.63) is 41.5 Å². The van der Waals surface area contributed by atoms with Gasteiger partial charge in [0, 0.05) is 11.4 Å². The molecule has 0 aliphatic carbocycles. The zero-order valence-electron chi connectivity index (χ0n) is 10.3. The van der Waals surface area contributed by atoms with Crippen molar-refractivity contribution in [2.45, 2.75) is 11.8 Å². The van der Waals surface area contributed by atoms with Crippen LogP contribution in [0.2, 0.25) is 0 Å². The lowest BCUT2D eigenvalue weighted by Crippen LogP contribution is -2.15. The lowest BCUT2D eigenvalue weighted by Gasteiger charge is -2.06. The number of anilines is 1. The first-order valence-corrected chi connectivity index (χ1v) is 6.97. The smallest absolute Gasteiger partial charge is 0.259 e. The van der Waals surface area contributed by atoms with Crippen LogP contribution in [-0.4, -0.2) is 24.5 Å². The molecular formula is C11H11FN4O3S. The molecule has 1 amide bonds. The largest absolute Gasteiger partial charge is 0.322 e. The van der Waals surface area contributed by atoms with Gasteiger partial charge < -0.3 is 5.32 Å². The second-order valence-corrected chi connectivity index (χ2v) is 5.58. The molecule has 9 heteroatoms. The number of hydrogen-bond acceptors (Lipinski definition) is 4. The van der Waals surface area contributed by atoms with Crippen LogP contribution in [-0.2, 0) is 10.0 Å². The van der Waals surface area contributed by atoms with Crippen LogP contribution in [0.5, 0.6) is 0 Å². The van der Waals surface area contributed by atoms with E-state index in [0.29, 0.717) is 11.3 Å². The highest BCUT2D eigenvalue weighted by Crippen LogP contribution is 2.18. The van der Waals surface area contributed by atoms with Gasteiger partial charge >= 0.3 is 0 Å². The van der Waals surface area contributed by atoms with Crippen LogP contribution < -0.4 is 10.5 Å². The summed E-state index contributed by atoms with van der Waals surface area (Å²) >= 11 is 0. The summed E-state index contributed by atoms with van der Waals surface area (Å²) in [4.78, 5) is 11.2. The number of primary sulfonamides is 1. The summed E-state index contributed by atoms with van der Waals surface area (Å²) in [5.41, 5.74) is 0.977. The summed E-state index contributed by atoms with van der Waals surface area (Å²) in [6, 6.07) is 3.12. The number of H-pyrrole nitrogens is 1. The molecule has 0 atom stereocenters. The van der Waals surface area contributed by atoms with Crippen LogP contribution in [0, 0.1) is 12.7 Å². The van der Waals surface area contributed by atoms with E-state index in [1.165, 1.54) is 12.3 Å². The number of carbonyl (C=O) groups excluding carboxylic acids is 1. The van der Waals surface area contributed by atoms with Gasteiger partial charge in [0.15, 0.2) is 0 Å². The van der Waals surface area contributed by atoms with E-state index in [4.69, 9.17) is 5.14 Å². The molecule has 2 aromatic rings. The van der Waals surface area contributed by atoms with Crippen LogP contribution in [0.4, 0.5) is 10.1 Å². The Hall–Kier alpha value is -2.26. The molecule has 7 nitrogen and oxygen atoms in total. The van der Waals surface area contributed by atoms with Crippen molar-refractivity contribution in [1.82, 2.24) is 10.2 Å². The number of amides is 1. The first kappa shape index (κ1) is 14.2. The van der Waals surface area contributed by atoms with Gasteiger partial charge in [-0.1, -0.05) is 0 Å². The summed E-state index contributed by atoms with van der Waals surface area (Å²) in [6.07, 6.45) is 1.33. The van der Waals surface area contributed by atoms with Gasteiger partial charge in [-0.25, -0.2) is 17.9 Å². The number of nitrogens with zero attached hydrogens (tertiary/aromatic N) is 1. The highest BCUT2D eigenvalue weighted by molar-refractivity contribution is 7.89. The lowest BCUT2D eigenvalue weighted by molar-refractivity contribution is 0.102. The minimum absolute atomic E-state index is 0.112. The van der Waals surface area contributed by atoms with Crippen LogP contribution in [0.3, 0.4) is 0 Å². The molecule has 4 N–H and O–H groups in total. The van der Waals surface area contributed by atoms with E-state index in [1.807, 2.05) is 0 Å². The van der Waals surface area contributed by atoms with Crippen molar-refractivity contribution in [1.29, 1.82) is 0 Å². The zero-order chi connectivity index (χ0) is 14.9. The van der Waals surface area contributed by atoms with Gasteiger partial charge in [-0.05, 0) is 25.1 Å². The lowest BCUT2D eigenvalue weighted by atomic mass is 10.2. The maximum Gasteiger partial charge on any atom is 0.259 e. The molecule has 0 saturated heterocycles. The molecule has 1 aromatic carbocycles. The average Bonchev–Trinajstić information content (AvgIpc) is 2.73.